The number of halogens is 1. The van der Waals surface area contributed by atoms with E-state index in [1.165, 1.54) is 0 Å². The van der Waals surface area contributed by atoms with E-state index in [0.717, 1.165) is 23.1 Å². The van der Waals surface area contributed by atoms with Crippen LogP contribution < -0.4 is 5.73 Å². The zero-order valence-corrected chi connectivity index (χ0v) is 15.2. The normalized spacial score (nSPS) is 46.6. The van der Waals surface area contributed by atoms with Gasteiger partial charge in [0, 0.05) is 10.8 Å². The van der Waals surface area contributed by atoms with Crippen LogP contribution in [0.15, 0.2) is 35.1 Å². The zero-order valence-electron chi connectivity index (χ0n) is 15.2. The smallest absolute Gasteiger partial charge is 0.201 e. The van der Waals surface area contributed by atoms with Gasteiger partial charge in [-0.05, 0) is 67.6 Å². The number of hydrogen-bond acceptors (Lipinski definition) is 3. The van der Waals surface area contributed by atoms with Crippen molar-refractivity contribution in [1.82, 2.24) is 0 Å². The van der Waals surface area contributed by atoms with Crippen molar-refractivity contribution in [2.75, 3.05) is 0 Å². The molecule has 0 aliphatic heterocycles. The highest BCUT2D eigenvalue weighted by molar-refractivity contribution is 6.06. The minimum atomic E-state index is -1.33. The quantitative estimate of drug-likeness (QED) is 0.730. The molecule has 134 valence electrons. The van der Waals surface area contributed by atoms with Gasteiger partial charge in [0.15, 0.2) is 12.0 Å². The molecule has 0 aromatic heterocycles. The van der Waals surface area contributed by atoms with Gasteiger partial charge in [-0.3, -0.25) is 9.59 Å². The fourth-order valence-electron chi connectivity index (χ4n) is 6.48. The summed E-state index contributed by atoms with van der Waals surface area (Å²) in [6.45, 7) is 10.3. The molecule has 3 saturated carbocycles. The number of hydrogen-bond donors (Lipinski definition) is 1. The summed E-state index contributed by atoms with van der Waals surface area (Å²) in [4.78, 5) is 24.7. The van der Waals surface area contributed by atoms with E-state index < -0.39 is 11.6 Å². The maximum absolute atomic E-state index is 14.3. The van der Waals surface area contributed by atoms with Crippen LogP contribution in [0.25, 0.3) is 0 Å². The lowest BCUT2D eigenvalue weighted by Gasteiger charge is -2.57. The number of carbonyl (C=O) groups excluding carboxylic acids is 2. The van der Waals surface area contributed by atoms with Gasteiger partial charge in [0.2, 0.25) is 5.78 Å². The molecule has 0 spiro atoms. The lowest BCUT2D eigenvalue weighted by atomic mass is 9.46. The first kappa shape index (κ1) is 16.7. The number of carbonyl (C=O) groups is 2. The van der Waals surface area contributed by atoms with Crippen LogP contribution in [-0.2, 0) is 9.59 Å². The van der Waals surface area contributed by atoms with Gasteiger partial charge in [-0.2, -0.15) is 0 Å². The Morgan fingerprint density at radius 3 is 2.64 bits per heavy atom. The molecule has 6 atom stereocenters. The first-order valence-corrected chi connectivity index (χ1v) is 9.22. The molecule has 4 rings (SSSR count). The van der Waals surface area contributed by atoms with Crippen molar-refractivity contribution in [3.05, 3.63) is 35.1 Å². The first-order valence-electron chi connectivity index (χ1n) is 9.22. The maximum atomic E-state index is 14.3. The average molecular weight is 343 g/mol. The molecule has 0 unspecified atom stereocenters. The Bertz CT molecular complexity index is 779. The van der Waals surface area contributed by atoms with E-state index in [0.29, 0.717) is 25.0 Å². The van der Waals surface area contributed by atoms with Crippen LogP contribution in [0, 0.1) is 28.6 Å². The summed E-state index contributed by atoms with van der Waals surface area (Å²) >= 11 is 0. The van der Waals surface area contributed by atoms with Gasteiger partial charge in [0.25, 0.3) is 0 Å². The molecule has 4 aliphatic rings. The minimum Gasteiger partial charge on any atom is -0.395 e. The van der Waals surface area contributed by atoms with Crippen LogP contribution in [-0.4, -0.2) is 17.7 Å². The SMILES string of the molecule is C=C1C[C@@H]2[C@H](CC[C@]3(C)C(=O)[C@@H](F)C[C@@H]23)[C@@]2(C)C(C)=CC(=O)C(N)=C12. The lowest BCUT2D eigenvalue weighted by Crippen LogP contribution is -2.52. The molecule has 0 saturated heterocycles. The predicted molar refractivity (Wildman–Crippen MR) is 94.2 cm³/mol. The summed E-state index contributed by atoms with van der Waals surface area (Å²) in [7, 11) is 0. The monoisotopic (exact) mass is 343 g/mol. The molecule has 4 aliphatic carbocycles. The van der Waals surface area contributed by atoms with E-state index in [9.17, 15) is 14.0 Å². The van der Waals surface area contributed by atoms with Crippen LogP contribution in [0.5, 0.6) is 0 Å². The second kappa shape index (κ2) is 4.93. The van der Waals surface area contributed by atoms with Crippen molar-refractivity contribution in [1.29, 1.82) is 0 Å². The molecule has 4 heteroatoms. The Labute approximate surface area is 148 Å². The van der Waals surface area contributed by atoms with Gasteiger partial charge in [0.1, 0.15) is 0 Å². The highest BCUT2D eigenvalue weighted by Gasteiger charge is 2.63. The van der Waals surface area contributed by atoms with Crippen molar-refractivity contribution in [2.45, 2.75) is 52.6 Å². The van der Waals surface area contributed by atoms with E-state index in [2.05, 4.69) is 13.5 Å². The third-order valence-electron chi connectivity index (χ3n) is 7.93. The van der Waals surface area contributed by atoms with Gasteiger partial charge >= 0.3 is 0 Å². The van der Waals surface area contributed by atoms with Crippen LogP contribution >= 0.6 is 0 Å². The summed E-state index contributed by atoms with van der Waals surface area (Å²) in [5, 5.41) is 0. The van der Waals surface area contributed by atoms with Crippen molar-refractivity contribution in [2.24, 2.45) is 34.3 Å². The summed E-state index contributed by atoms with van der Waals surface area (Å²) in [5.74, 6) is 0.195. The summed E-state index contributed by atoms with van der Waals surface area (Å²) in [6, 6.07) is 0. The minimum absolute atomic E-state index is 0.0514. The fourth-order valence-corrected chi connectivity index (χ4v) is 6.48. The molecular weight excluding hydrogens is 317 g/mol. The van der Waals surface area contributed by atoms with Crippen LogP contribution in [0.4, 0.5) is 4.39 Å². The van der Waals surface area contributed by atoms with Crippen molar-refractivity contribution in [3.8, 4) is 0 Å². The number of alkyl halides is 1. The van der Waals surface area contributed by atoms with E-state index in [1.807, 2.05) is 13.8 Å². The Hall–Kier alpha value is -1.71. The Morgan fingerprint density at radius 1 is 1.28 bits per heavy atom. The summed E-state index contributed by atoms with van der Waals surface area (Å²) in [6.07, 6.45) is 2.93. The third-order valence-corrected chi connectivity index (χ3v) is 7.93. The summed E-state index contributed by atoms with van der Waals surface area (Å²) < 4.78 is 14.3. The molecule has 25 heavy (non-hydrogen) atoms. The predicted octanol–water partition coefficient (Wildman–Crippen LogP) is 3.65. The van der Waals surface area contributed by atoms with Crippen molar-refractivity contribution >= 4 is 11.6 Å². The molecule has 0 radical (unpaired) electrons. The standard InChI is InChI=1S/C21H26FNO2/c1-10-7-12-13(5-6-20(3)14(12)9-15(22)19(20)25)21(4)11(2)8-16(24)18(23)17(10)21/h8,12-15H,1,5-7,9,23H2,2-4H3/t12-,13+,14+,15+,20+,21-/m1/s1. The van der Waals surface area contributed by atoms with Crippen molar-refractivity contribution in [3.63, 3.8) is 0 Å². The fraction of sp³-hybridized carbons (Fsp3) is 0.619. The van der Waals surface area contributed by atoms with Crippen LogP contribution in [0.2, 0.25) is 0 Å². The van der Waals surface area contributed by atoms with Gasteiger partial charge in [-0.25, -0.2) is 4.39 Å². The van der Waals surface area contributed by atoms with E-state index >= 15 is 0 Å². The second-order valence-electron chi connectivity index (χ2n) is 8.89. The molecule has 3 fully saturated rings. The van der Waals surface area contributed by atoms with Gasteiger partial charge < -0.3 is 5.73 Å². The Kier molecular flexibility index (Phi) is 3.30. The van der Waals surface area contributed by atoms with E-state index in [1.54, 1.807) is 6.08 Å². The third kappa shape index (κ3) is 1.86. The highest BCUT2D eigenvalue weighted by Crippen LogP contribution is 2.66. The number of nitrogens with two attached hydrogens (primary N) is 1. The number of allylic oxidation sites excluding steroid dienone is 4. The topological polar surface area (TPSA) is 60.2 Å². The first-order chi connectivity index (χ1) is 11.6. The Balaban J connectivity index is 1.84. The van der Waals surface area contributed by atoms with E-state index in [4.69, 9.17) is 5.73 Å². The van der Waals surface area contributed by atoms with E-state index in [-0.39, 0.29) is 34.7 Å². The van der Waals surface area contributed by atoms with Gasteiger partial charge in [-0.15, -0.1) is 0 Å². The molecule has 0 heterocycles. The van der Waals surface area contributed by atoms with Crippen LogP contribution in [0.1, 0.15) is 46.5 Å². The second-order valence-corrected chi connectivity index (χ2v) is 8.89. The molecule has 0 amide bonds. The molecule has 0 aromatic rings. The Morgan fingerprint density at radius 2 is 1.96 bits per heavy atom. The largest absolute Gasteiger partial charge is 0.395 e. The number of ketones is 2. The molecule has 3 nitrogen and oxygen atoms in total. The lowest BCUT2D eigenvalue weighted by molar-refractivity contribution is -0.134. The van der Waals surface area contributed by atoms with Crippen LogP contribution in [0.3, 0.4) is 0 Å². The van der Waals surface area contributed by atoms with Gasteiger partial charge in [0.05, 0.1) is 5.70 Å². The highest BCUT2D eigenvalue weighted by atomic mass is 19.1. The zero-order chi connectivity index (χ0) is 18.3. The number of rotatable bonds is 0. The number of fused-ring (bicyclic) bond motifs is 5. The average Bonchev–Trinajstić information content (AvgIpc) is 2.77. The number of Topliss-reactive ketones (excluding diaryl/α,β-unsaturated/α-hetero) is 1. The maximum Gasteiger partial charge on any atom is 0.201 e. The molecule has 2 N–H and O–H groups in total. The molecule has 0 bridgehead atoms. The summed E-state index contributed by atoms with van der Waals surface area (Å²) in [5.41, 5.74) is 8.41. The molecule has 0 aromatic carbocycles. The van der Waals surface area contributed by atoms with Gasteiger partial charge in [-0.1, -0.05) is 26.0 Å². The van der Waals surface area contributed by atoms with Crippen molar-refractivity contribution < 1.29 is 14.0 Å². The molecular formula is C21H26FNO2.